The number of amides is 1. The molecule has 1 saturated carbocycles. The van der Waals surface area contributed by atoms with Gasteiger partial charge in [-0.1, -0.05) is 5.10 Å². The van der Waals surface area contributed by atoms with Crippen molar-refractivity contribution in [3.05, 3.63) is 0 Å². The fourth-order valence-corrected chi connectivity index (χ4v) is 2.02. The molecule has 7 nitrogen and oxygen atoms in total. The van der Waals surface area contributed by atoms with Gasteiger partial charge in [0.25, 0.3) is 5.91 Å². The molecule has 7 heteroatoms. The summed E-state index contributed by atoms with van der Waals surface area (Å²) in [7, 11) is 3.24. The Bertz CT molecular complexity index is 383. The lowest BCUT2D eigenvalue weighted by Gasteiger charge is -2.25. The molecule has 2 rings (SSSR count). The molecule has 1 aliphatic carbocycles. The number of nitrogens with one attached hydrogen (secondary N) is 1. The largest absolute Gasteiger partial charge is 0.368 e. The van der Waals surface area contributed by atoms with Crippen LogP contribution in [0.4, 0.5) is 5.95 Å². The van der Waals surface area contributed by atoms with Crippen LogP contribution in [0.1, 0.15) is 25.7 Å². The third-order valence-electron chi connectivity index (χ3n) is 3.06. The van der Waals surface area contributed by atoms with Crippen molar-refractivity contribution in [1.82, 2.24) is 20.2 Å². The van der Waals surface area contributed by atoms with Gasteiger partial charge in [-0.2, -0.15) is 0 Å². The van der Waals surface area contributed by atoms with Gasteiger partial charge < -0.3 is 4.74 Å². The highest BCUT2D eigenvalue weighted by molar-refractivity contribution is 5.96. The highest BCUT2D eigenvalue weighted by Gasteiger charge is 2.41. The second-order valence-electron chi connectivity index (χ2n) is 3.99. The predicted octanol–water partition coefficient (Wildman–Crippen LogP) is 0.108. The molecule has 1 N–H and O–H groups in total. The number of carbonyl (C=O) groups is 1. The van der Waals surface area contributed by atoms with Crippen molar-refractivity contribution in [2.45, 2.75) is 31.3 Å². The first-order valence-corrected chi connectivity index (χ1v) is 5.27. The standard InChI is InChI=1S/C9H15N5O2/c1-14-8(11-12-13-14)10-7(15)9(16-2)5-3-4-6-9/h3-6H2,1-2H3,(H,10,11,13,15). The van der Waals surface area contributed by atoms with E-state index in [1.54, 1.807) is 14.2 Å². The van der Waals surface area contributed by atoms with E-state index in [1.807, 2.05) is 0 Å². The second kappa shape index (κ2) is 4.17. The monoisotopic (exact) mass is 225 g/mol. The van der Waals surface area contributed by atoms with Gasteiger partial charge in [0.1, 0.15) is 5.60 Å². The fraction of sp³-hybridized carbons (Fsp3) is 0.778. The molecule has 0 saturated heterocycles. The number of rotatable bonds is 3. The number of tetrazole rings is 1. The van der Waals surface area contributed by atoms with Crippen LogP contribution >= 0.6 is 0 Å². The van der Waals surface area contributed by atoms with Crippen molar-refractivity contribution >= 4 is 11.9 Å². The molecule has 16 heavy (non-hydrogen) atoms. The van der Waals surface area contributed by atoms with Crippen LogP contribution in [0.25, 0.3) is 0 Å². The zero-order valence-electron chi connectivity index (χ0n) is 9.43. The molecule has 0 bridgehead atoms. The van der Waals surface area contributed by atoms with Crippen molar-refractivity contribution in [1.29, 1.82) is 0 Å². The Kier molecular flexibility index (Phi) is 2.86. The zero-order valence-corrected chi connectivity index (χ0v) is 9.43. The van der Waals surface area contributed by atoms with E-state index in [0.717, 1.165) is 25.7 Å². The number of anilines is 1. The molecule has 0 aromatic carbocycles. The molecule has 0 atom stereocenters. The molecule has 0 radical (unpaired) electrons. The number of hydrogen-bond acceptors (Lipinski definition) is 5. The number of nitrogens with zero attached hydrogens (tertiary/aromatic N) is 4. The van der Waals surface area contributed by atoms with Gasteiger partial charge >= 0.3 is 0 Å². The summed E-state index contributed by atoms with van der Waals surface area (Å²) in [6, 6.07) is 0. The van der Waals surface area contributed by atoms with Gasteiger partial charge in [0.2, 0.25) is 5.95 Å². The van der Waals surface area contributed by atoms with E-state index in [-0.39, 0.29) is 5.91 Å². The van der Waals surface area contributed by atoms with Crippen LogP contribution < -0.4 is 5.32 Å². The Labute approximate surface area is 93.2 Å². The van der Waals surface area contributed by atoms with Crippen LogP contribution in [-0.2, 0) is 16.6 Å². The highest BCUT2D eigenvalue weighted by atomic mass is 16.5. The molecule has 1 amide bonds. The van der Waals surface area contributed by atoms with Gasteiger partial charge in [-0.3, -0.25) is 10.1 Å². The fourth-order valence-electron chi connectivity index (χ4n) is 2.02. The SMILES string of the molecule is COC1(C(=O)Nc2nnnn2C)CCCC1. The first kappa shape index (κ1) is 11.0. The maximum Gasteiger partial charge on any atom is 0.258 e. The van der Waals surface area contributed by atoms with Gasteiger partial charge in [-0.15, -0.1) is 0 Å². The van der Waals surface area contributed by atoms with E-state index in [4.69, 9.17) is 4.74 Å². The minimum atomic E-state index is -0.702. The number of ether oxygens (including phenoxy) is 1. The summed E-state index contributed by atoms with van der Waals surface area (Å²) in [5.41, 5.74) is -0.702. The number of aryl methyl sites for hydroxylation is 1. The van der Waals surface area contributed by atoms with Crippen molar-refractivity contribution in [3.8, 4) is 0 Å². The van der Waals surface area contributed by atoms with Crippen LogP contribution in [0, 0.1) is 0 Å². The molecule has 1 aromatic heterocycles. The number of carbonyl (C=O) groups excluding carboxylic acids is 1. The van der Waals surface area contributed by atoms with E-state index in [2.05, 4.69) is 20.8 Å². The Morgan fingerprint density at radius 1 is 1.50 bits per heavy atom. The summed E-state index contributed by atoms with van der Waals surface area (Å²) in [4.78, 5) is 12.1. The third kappa shape index (κ3) is 1.78. The van der Waals surface area contributed by atoms with E-state index in [1.165, 1.54) is 4.68 Å². The summed E-state index contributed by atoms with van der Waals surface area (Å²) in [6.07, 6.45) is 3.53. The van der Waals surface area contributed by atoms with E-state index in [0.29, 0.717) is 5.95 Å². The summed E-state index contributed by atoms with van der Waals surface area (Å²) < 4.78 is 6.77. The molecule has 1 fully saturated rings. The van der Waals surface area contributed by atoms with Crippen molar-refractivity contribution in [2.24, 2.45) is 7.05 Å². The van der Waals surface area contributed by atoms with Crippen LogP contribution in [0.2, 0.25) is 0 Å². The Balaban J connectivity index is 2.10. The first-order valence-electron chi connectivity index (χ1n) is 5.27. The summed E-state index contributed by atoms with van der Waals surface area (Å²) >= 11 is 0. The van der Waals surface area contributed by atoms with Crippen molar-refractivity contribution in [2.75, 3.05) is 12.4 Å². The lowest BCUT2D eigenvalue weighted by Crippen LogP contribution is -2.42. The Hall–Kier alpha value is -1.50. The minimum absolute atomic E-state index is 0.162. The lowest BCUT2D eigenvalue weighted by molar-refractivity contribution is -0.137. The molecular weight excluding hydrogens is 210 g/mol. The zero-order chi connectivity index (χ0) is 11.6. The van der Waals surface area contributed by atoms with E-state index < -0.39 is 5.60 Å². The molecule has 0 unspecified atom stereocenters. The van der Waals surface area contributed by atoms with Crippen LogP contribution in [0.15, 0.2) is 0 Å². The van der Waals surface area contributed by atoms with Gasteiger partial charge in [-0.25, -0.2) is 4.68 Å². The van der Waals surface area contributed by atoms with Crippen molar-refractivity contribution in [3.63, 3.8) is 0 Å². The number of aromatic nitrogens is 4. The number of hydrogen-bond donors (Lipinski definition) is 1. The highest BCUT2D eigenvalue weighted by Crippen LogP contribution is 2.33. The average molecular weight is 225 g/mol. The molecule has 1 aliphatic rings. The molecule has 88 valence electrons. The van der Waals surface area contributed by atoms with Crippen LogP contribution in [-0.4, -0.2) is 38.8 Å². The van der Waals surface area contributed by atoms with Gasteiger partial charge in [0, 0.05) is 14.2 Å². The first-order chi connectivity index (χ1) is 7.68. The molecule has 1 heterocycles. The molecule has 0 spiro atoms. The van der Waals surface area contributed by atoms with E-state index in [9.17, 15) is 4.79 Å². The topological polar surface area (TPSA) is 81.9 Å². The molecule has 0 aliphatic heterocycles. The quantitative estimate of drug-likeness (QED) is 0.789. The average Bonchev–Trinajstić information content (AvgIpc) is 2.89. The smallest absolute Gasteiger partial charge is 0.258 e. The van der Waals surface area contributed by atoms with Gasteiger partial charge in [0.05, 0.1) is 0 Å². The third-order valence-corrected chi connectivity index (χ3v) is 3.06. The summed E-state index contributed by atoms with van der Waals surface area (Å²) in [6.45, 7) is 0. The summed E-state index contributed by atoms with van der Waals surface area (Å²) in [5.74, 6) is 0.179. The number of methoxy groups -OCH3 is 1. The van der Waals surface area contributed by atoms with Crippen molar-refractivity contribution < 1.29 is 9.53 Å². The molecular formula is C9H15N5O2. The molecule has 1 aromatic rings. The Morgan fingerprint density at radius 2 is 2.19 bits per heavy atom. The normalized spacial score (nSPS) is 18.6. The predicted molar refractivity (Wildman–Crippen MR) is 55.6 cm³/mol. The van der Waals surface area contributed by atoms with E-state index >= 15 is 0 Å². The van der Waals surface area contributed by atoms with Gasteiger partial charge in [-0.05, 0) is 36.1 Å². The van der Waals surface area contributed by atoms with Gasteiger partial charge in [0.15, 0.2) is 0 Å². The van der Waals surface area contributed by atoms with Crippen LogP contribution in [0.5, 0.6) is 0 Å². The Morgan fingerprint density at radius 3 is 2.69 bits per heavy atom. The summed E-state index contributed by atoms with van der Waals surface area (Å²) in [5, 5.41) is 13.5. The second-order valence-corrected chi connectivity index (χ2v) is 3.99. The maximum absolute atomic E-state index is 12.1. The van der Waals surface area contributed by atoms with Crippen LogP contribution in [0.3, 0.4) is 0 Å². The minimum Gasteiger partial charge on any atom is -0.368 e. The maximum atomic E-state index is 12.1. The lowest BCUT2D eigenvalue weighted by atomic mass is 10.0.